The van der Waals surface area contributed by atoms with Crippen molar-refractivity contribution < 1.29 is 33.7 Å². The largest absolute Gasteiger partial charge is 0.494 e. The first kappa shape index (κ1) is 36.7. The van der Waals surface area contributed by atoms with Crippen LogP contribution in [0.5, 0.6) is 17.2 Å². The van der Waals surface area contributed by atoms with Crippen molar-refractivity contribution in [2.24, 2.45) is 0 Å². The van der Waals surface area contributed by atoms with Crippen LogP contribution in [0.1, 0.15) is 105 Å². The maximum absolute atomic E-state index is 12.2. The van der Waals surface area contributed by atoms with E-state index in [2.05, 4.69) is 0 Å². The molecule has 0 aliphatic carbocycles. The fourth-order valence-electron chi connectivity index (χ4n) is 5.09. The Bertz CT molecular complexity index is 1450. The van der Waals surface area contributed by atoms with Gasteiger partial charge in [-0.1, -0.05) is 70.4 Å². The molecule has 252 valence electrons. The number of nitrogen functional groups attached to an aromatic ring is 2. The van der Waals surface area contributed by atoms with Gasteiger partial charge in [-0.15, -0.1) is 0 Å². The van der Waals surface area contributed by atoms with Crippen LogP contribution in [0.15, 0.2) is 66.7 Å². The summed E-state index contributed by atoms with van der Waals surface area (Å²) >= 11 is 0. The van der Waals surface area contributed by atoms with Crippen LogP contribution in [0.25, 0.3) is 6.08 Å². The number of hydrogen-bond donors (Lipinski definition) is 3. The monoisotopic (exact) mass is 644 g/mol. The third kappa shape index (κ3) is 14.0. The van der Waals surface area contributed by atoms with Gasteiger partial charge >= 0.3 is 17.9 Å². The summed E-state index contributed by atoms with van der Waals surface area (Å²) in [6.45, 7) is 2.67. The maximum Gasteiger partial charge on any atom is 0.336 e. The van der Waals surface area contributed by atoms with E-state index in [-0.39, 0.29) is 11.5 Å². The molecule has 0 saturated carbocycles. The van der Waals surface area contributed by atoms with Crippen molar-refractivity contribution in [2.75, 3.05) is 18.1 Å². The average Bonchev–Trinajstić information content (AvgIpc) is 3.05. The molecule has 9 heteroatoms. The number of esters is 2. The Hall–Kier alpha value is -4.79. The molecule has 9 nitrogen and oxygen atoms in total. The summed E-state index contributed by atoms with van der Waals surface area (Å²) in [6.07, 6.45) is 15.7. The van der Waals surface area contributed by atoms with Gasteiger partial charge in [-0.25, -0.2) is 9.59 Å². The lowest BCUT2D eigenvalue weighted by Gasteiger charge is -2.11. The predicted molar refractivity (Wildman–Crippen MR) is 186 cm³/mol. The Kier molecular flexibility index (Phi) is 15.9. The van der Waals surface area contributed by atoms with Crippen molar-refractivity contribution in [3.63, 3.8) is 0 Å². The van der Waals surface area contributed by atoms with E-state index in [1.165, 1.54) is 37.8 Å². The molecule has 0 radical (unpaired) electrons. The molecule has 0 heterocycles. The summed E-state index contributed by atoms with van der Waals surface area (Å²) < 4.78 is 16.4. The molecule has 0 fully saturated rings. The molecule has 0 amide bonds. The van der Waals surface area contributed by atoms with Crippen molar-refractivity contribution in [2.45, 2.75) is 90.4 Å². The van der Waals surface area contributed by atoms with Gasteiger partial charge in [0, 0.05) is 23.9 Å². The molecule has 0 aliphatic heterocycles. The minimum Gasteiger partial charge on any atom is -0.494 e. The van der Waals surface area contributed by atoms with Crippen LogP contribution < -0.4 is 25.7 Å². The molecule has 3 aromatic rings. The number of anilines is 2. The van der Waals surface area contributed by atoms with E-state index in [1.54, 1.807) is 36.4 Å². The smallest absolute Gasteiger partial charge is 0.336 e. The number of ether oxygens (including phenoxy) is 3. The molecule has 5 N–H and O–H groups in total. The van der Waals surface area contributed by atoms with Crippen LogP contribution in [0.2, 0.25) is 0 Å². The molecular formula is C38H48N2O7. The number of carboxylic acids is 1. The van der Waals surface area contributed by atoms with Crippen molar-refractivity contribution in [3.8, 4) is 17.2 Å². The van der Waals surface area contributed by atoms with E-state index < -0.39 is 11.9 Å². The third-order valence-corrected chi connectivity index (χ3v) is 7.68. The number of carboxylic acid groups (broad SMARTS) is 1. The quantitative estimate of drug-likeness (QED) is 0.0341. The van der Waals surface area contributed by atoms with Crippen LogP contribution in [0.4, 0.5) is 11.4 Å². The predicted octanol–water partition coefficient (Wildman–Crippen LogP) is 8.40. The molecule has 0 aliphatic rings. The van der Waals surface area contributed by atoms with Crippen molar-refractivity contribution in [1.82, 2.24) is 0 Å². The molecule has 3 aromatic carbocycles. The summed E-state index contributed by atoms with van der Waals surface area (Å²) in [6, 6.07) is 17.0. The van der Waals surface area contributed by atoms with E-state index in [1.807, 2.05) is 31.2 Å². The number of benzene rings is 3. The van der Waals surface area contributed by atoms with Crippen LogP contribution in [0.3, 0.4) is 0 Å². The average molecular weight is 645 g/mol. The maximum atomic E-state index is 12.2. The first-order valence-electron chi connectivity index (χ1n) is 16.6. The molecule has 0 atom stereocenters. The second kappa shape index (κ2) is 20.4. The normalized spacial score (nSPS) is 11.0. The Labute approximate surface area is 277 Å². The van der Waals surface area contributed by atoms with Crippen LogP contribution in [-0.4, -0.2) is 29.6 Å². The summed E-state index contributed by atoms with van der Waals surface area (Å²) in [5.41, 5.74) is 14.3. The topological polar surface area (TPSA) is 151 Å². The van der Waals surface area contributed by atoms with Crippen molar-refractivity contribution in [1.29, 1.82) is 0 Å². The highest BCUT2D eigenvalue weighted by Crippen LogP contribution is 2.24. The molecule has 0 saturated heterocycles. The standard InChI is InChI=1S/C38H48N2O7/c1-2-3-14-36(41)46-31-20-22-32(23-21-31)47-37(42)24-17-28-15-18-30(19-16-28)45-25-12-10-8-6-4-5-7-9-11-13-33-34(38(43)44)26-29(39)27-35(33)40/h15-24,26-27H,2-14,25,39-40H2,1H3,(H,43,44)/b24-17+. The highest BCUT2D eigenvalue weighted by Gasteiger charge is 2.14. The van der Waals surface area contributed by atoms with Crippen LogP contribution in [0, 0.1) is 0 Å². The number of hydrogen-bond acceptors (Lipinski definition) is 8. The lowest BCUT2D eigenvalue weighted by molar-refractivity contribution is -0.134. The first-order chi connectivity index (χ1) is 22.7. The van der Waals surface area contributed by atoms with E-state index in [0.717, 1.165) is 56.3 Å². The highest BCUT2D eigenvalue weighted by molar-refractivity contribution is 5.92. The van der Waals surface area contributed by atoms with Crippen molar-refractivity contribution in [3.05, 3.63) is 83.4 Å². The minimum absolute atomic E-state index is 0.209. The summed E-state index contributed by atoms with van der Waals surface area (Å²) in [7, 11) is 0. The van der Waals surface area contributed by atoms with Gasteiger partial charge < -0.3 is 30.8 Å². The fourth-order valence-corrected chi connectivity index (χ4v) is 5.09. The number of carbonyl (C=O) groups excluding carboxylic acids is 2. The van der Waals surface area contributed by atoms with Crippen LogP contribution >= 0.6 is 0 Å². The Morgan fingerprint density at radius 2 is 1.30 bits per heavy atom. The van der Waals surface area contributed by atoms with Gasteiger partial charge in [0.1, 0.15) is 17.2 Å². The highest BCUT2D eigenvalue weighted by atomic mass is 16.5. The number of aromatic carboxylic acids is 1. The minimum atomic E-state index is -0.989. The molecule has 0 unspecified atom stereocenters. The van der Waals surface area contributed by atoms with Gasteiger partial charge in [0.2, 0.25) is 0 Å². The van der Waals surface area contributed by atoms with E-state index in [9.17, 15) is 19.5 Å². The first-order valence-corrected chi connectivity index (χ1v) is 16.6. The lowest BCUT2D eigenvalue weighted by Crippen LogP contribution is -2.07. The Morgan fingerprint density at radius 1 is 0.723 bits per heavy atom. The second-order valence-corrected chi connectivity index (χ2v) is 11.6. The zero-order valence-electron chi connectivity index (χ0n) is 27.4. The number of carbonyl (C=O) groups is 3. The summed E-state index contributed by atoms with van der Waals surface area (Å²) in [4.78, 5) is 35.4. The van der Waals surface area contributed by atoms with Gasteiger partial charge in [-0.05, 0) is 91.4 Å². The Morgan fingerprint density at radius 3 is 1.91 bits per heavy atom. The van der Waals surface area contributed by atoms with Gasteiger partial charge in [-0.2, -0.15) is 0 Å². The summed E-state index contributed by atoms with van der Waals surface area (Å²) in [5.74, 6) is -0.199. The van der Waals surface area contributed by atoms with E-state index in [4.69, 9.17) is 25.7 Å². The second-order valence-electron chi connectivity index (χ2n) is 11.6. The summed E-state index contributed by atoms with van der Waals surface area (Å²) in [5, 5.41) is 9.42. The Balaban J connectivity index is 1.21. The third-order valence-electron chi connectivity index (χ3n) is 7.68. The molecule has 47 heavy (non-hydrogen) atoms. The molecule has 0 aromatic heterocycles. The lowest BCUT2D eigenvalue weighted by atomic mass is 9.98. The zero-order valence-corrected chi connectivity index (χ0v) is 27.4. The number of nitrogens with two attached hydrogens (primary N) is 2. The number of rotatable bonds is 21. The molecule has 0 spiro atoms. The molecule has 3 rings (SSSR count). The fraction of sp³-hybridized carbons (Fsp3) is 0.395. The zero-order chi connectivity index (χ0) is 33.9. The van der Waals surface area contributed by atoms with Gasteiger partial charge in [0.05, 0.1) is 12.2 Å². The van der Waals surface area contributed by atoms with Crippen LogP contribution in [-0.2, 0) is 16.0 Å². The van der Waals surface area contributed by atoms with E-state index in [0.29, 0.717) is 47.9 Å². The molecular weight excluding hydrogens is 596 g/mol. The molecule has 0 bridgehead atoms. The van der Waals surface area contributed by atoms with Gasteiger partial charge in [0.25, 0.3) is 0 Å². The number of unbranched alkanes of at least 4 members (excludes halogenated alkanes) is 9. The van der Waals surface area contributed by atoms with E-state index >= 15 is 0 Å². The van der Waals surface area contributed by atoms with Crippen molar-refractivity contribution >= 4 is 35.4 Å². The van der Waals surface area contributed by atoms with Gasteiger partial charge in [0.15, 0.2) is 0 Å². The SMILES string of the molecule is CCCCC(=O)Oc1ccc(OC(=O)/C=C/c2ccc(OCCCCCCCCCCCc3c(N)cc(N)cc3C(=O)O)cc2)cc1. The van der Waals surface area contributed by atoms with Gasteiger partial charge in [-0.3, -0.25) is 4.79 Å².